The summed E-state index contributed by atoms with van der Waals surface area (Å²) in [7, 11) is 0. The summed E-state index contributed by atoms with van der Waals surface area (Å²) < 4.78 is 6.10. The van der Waals surface area contributed by atoms with E-state index in [1.807, 2.05) is 0 Å². The van der Waals surface area contributed by atoms with Crippen molar-refractivity contribution in [2.45, 2.75) is 36.3 Å². The van der Waals surface area contributed by atoms with E-state index in [0.717, 1.165) is 23.7 Å². The van der Waals surface area contributed by atoms with Crippen molar-refractivity contribution >= 4 is 15.9 Å². The van der Waals surface area contributed by atoms with Crippen LogP contribution in [0.25, 0.3) is 0 Å². The number of ether oxygens (including phenoxy) is 1. The molecule has 2 heteroatoms. The molecule has 3 aliphatic carbocycles. The summed E-state index contributed by atoms with van der Waals surface area (Å²) in [4.78, 5) is 0.703. The lowest BCUT2D eigenvalue weighted by molar-refractivity contribution is 0.0409. The molecule has 1 aliphatic heterocycles. The maximum Gasteiger partial charge on any atom is 0.0738 e. The minimum atomic E-state index is 0.599. The van der Waals surface area contributed by atoms with Crippen molar-refractivity contribution in [1.29, 1.82) is 0 Å². The third kappa shape index (κ3) is 0.542. The first-order chi connectivity index (χ1) is 5.86. The summed E-state index contributed by atoms with van der Waals surface area (Å²) in [5, 5.41) is 0. The molecule has 2 bridgehead atoms. The Bertz CT molecular complexity index is 240. The lowest BCUT2D eigenvalue weighted by Gasteiger charge is -2.27. The largest absolute Gasteiger partial charge is 0.373 e. The average Bonchev–Trinajstić information content (AvgIpc) is 2.68. The smallest absolute Gasteiger partial charge is 0.0738 e. The van der Waals surface area contributed by atoms with Crippen LogP contribution in [0.5, 0.6) is 0 Å². The van der Waals surface area contributed by atoms with E-state index in [9.17, 15) is 0 Å². The molecule has 1 nitrogen and oxygen atoms in total. The van der Waals surface area contributed by atoms with E-state index in [1.165, 1.54) is 19.3 Å². The molecular weight excluding hydrogens is 216 g/mol. The third-order valence-corrected chi connectivity index (χ3v) is 5.97. The van der Waals surface area contributed by atoms with Gasteiger partial charge in [-0.3, -0.25) is 0 Å². The Morgan fingerprint density at radius 3 is 2.92 bits per heavy atom. The molecule has 7 atom stereocenters. The second kappa shape index (κ2) is 1.93. The van der Waals surface area contributed by atoms with Gasteiger partial charge in [0.05, 0.1) is 12.2 Å². The summed E-state index contributed by atoms with van der Waals surface area (Å²) in [6.07, 6.45) is 5.54. The van der Waals surface area contributed by atoms with E-state index in [2.05, 4.69) is 15.9 Å². The molecule has 0 N–H and O–H groups in total. The predicted molar refractivity (Wildman–Crippen MR) is 49.2 cm³/mol. The van der Waals surface area contributed by atoms with Crippen LogP contribution in [0.2, 0.25) is 0 Å². The van der Waals surface area contributed by atoms with Gasteiger partial charge in [-0.05, 0) is 42.9 Å². The zero-order valence-corrected chi connectivity index (χ0v) is 8.53. The van der Waals surface area contributed by atoms with Gasteiger partial charge in [-0.1, -0.05) is 15.9 Å². The molecule has 1 saturated heterocycles. The van der Waals surface area contributed by atoms with Gasteiger partial charge in [0, 0.05) is 4.83 Å². The average molecular weight is 229 g/mol. The van der Waals surface area contributed by atoms with Crippen molar-refractivity contribution in [2.75, 3.05) is 0 Å². The molecule has 12 heavy (non-hydrogen) atoms. The number of hydrogen-bond acceptors (Lipinski definition) is 1. The highest BCUT2D eigenvalue weighted by atomic mass is 79.9. The molecule has 3 saturated carbocycles. The Hall–Kier alpha value is 0.440. The van der Waals surface area contributed by atoms with Crippen LogP contribution in [0.4, 0.5) is 0 Å². The van der Waals surface area contributed by atoms with Gasteiger partial charge in [0.15, 0.2) is 0 Å². The second-order valence-corrected chi connectivity index (χ2v) is 6.02. The molecule has 4 fully saturated rings. The van der Waals surface area contributed by atoms with Crippen LogP contribution in [0, 0.1) is 23.7 Å². The molecule has 0 amide bonds. The SMILES string of the molecule is Br[C@H]1[C@H]2C[C@H]3[C@@H]1O[C@H]1CC[C@@H]2[C@@H]31. The van der Waals surface area contributed by atoms with E-state index in [-0.39, 0.29) is 0 Å². The van der Waals surface area contributed by atoms with Gasteiger partial charge in [-0.2, -0.15) is 0 Å². The maximum absolute atomic E-state index is 6.10. The number of hydrogen-bond donors (Lipinski definition) is 0. The van der Waals surface area contributed by atoms with Gasteiger partial charge < -0.3 is 4.74 Å². The number of rotatable bonds is 0. The van der Waals surface area contributed by atoms with E-state index in [0.29, 0.717) is 17.0 Å². The summed E-state index contributed by atoms with van der Waals surface area (Å²) in [6.45, 7) is 0. The van der Waals surface area contributed by atoms with Crippen LogP contribution in [0.1, 0.15) is 19.3 Å². The summed E-state index contributed by atoms with van der Waals surface area (Å²) in [5.74, 6) is 3.92. The van der Waals surface area contributed by atoms with Gasteiger partial charge in [-0.25, -0.2) is 0 Å². The van der Waals surface area contributed by atoms with Crippen molar-refractivity contribution in [3.8, 4) is 0 Å². The fraction of sp³-hybridized carbons (Fsp3) is 1.00. The molecule has 1 heterocycles. The van der Waals surface area contributed by atoms with Gasteiger partial charge in [0.25, 0.3) is 0 Å². The maximum atomic E-state index is 6.10. The van der Waals surface area contributed by atoms with E-state index in [1.54, 1.807) is 0 Å². The quantitative estimate of drug-likeness (QED) is 0.578. The number of halogens is 1. The molecule has 0 spiro atoms. The Balaban J connectivity index is 1.87. The normalized spacial score (nSPS) is 71.2. The van der Waals surface area contributed by atoms with Gasteiger partial charge >= 0.3 is 0 Å². The minimum absolute atomic E-state index is 0.599. The Kier molecular flexibility index (Phi) is 1.10. The molecule has 0 unspecified atom stereocenters. The van der Waals surface area contributed by atoms with Crippen LogP contribution >= 0.6 is 15.9 Å². The summed E-state index contributed by atoms with van der Waals surface area (Å²) in [5.41, 5.74) is 0. The lowest BCUT2D eigenvalue weighted by Crippen LogP contribution is -2.32. The number of fused-ring (bicyclic) bond motifs is 2. The van der Waals surface area contributed by atoms with E-state index < -0.39 is 0 Å². The lowest BCUT2D eigenvalue weighted by atomic mass is 9.82. The standard InChI is InChI=1S/C10H13BrO/c11-9-5-3-6-8-4(5)1-2-7(8)12-10(6)9/h4-10H,1-3H2/t4-,5-,6+,7-,8-,9-,10-/m0/s1. The van der Waals surface area contributed by atoms with Gasteiger partial charge in [-0.15, -0.1) is 0 Å². The minimum Gasteiger partial charge on any atom is -0.373 e. The van der Waals surface area contributed by atoms with Crippen molar-refractivity contribution in [3.63, 3.8) is 0 Å². The summed E-state index contributed by atoms with van der Waals surface area (Å²) >= 11 is 3.83. The van der Waals surface area contributed by atoms with Crippen molar-refractivity contribution in [3.05, 3.63) is 0 Å². The zero-order valence-electron chi connectivity index (χ0n) is 6.95. The highest BCUT2D eigenvalue weighted by Gasteiger charge is 2.66. The molecule has 0 aromatic heterocycles. The predicted octanol–water partition coefficient (Wildman–Crippen LogP) is 2.19. The molecule has 4 rings (SSSR count). The number of alkyl halides is 1. The molecular formula is C10H13BrO. The highest BCUT2D eigenvalue weighted by Crippen LogP contribution is 2.66. The Labute approximate surface area is 81.0 Å². The summed E-state index contributed by atoms with van der Waals surface area (Å²) in [6, 6.07) is 0. The first-order valence-electron chi connectivity index (χ1n) is 5.16. The molecule has 0 aromatic rings. The first kappa shape index (κ1) is 6.83. The molecule has 0 radical (unpaired) electrons. The van der Waals surface area contributed by atoms with Crippen LogP contribution in [-0.2, 0) is 4.74 Å². The molecule has 66 valence electrons. The third-order valence-electron chi connectivity index (χ3n) is 4.77. The fourth-order valence-corrected chi connectivity index (χ4v) is 5.62. The van der Waals surface area contributed by atoms with Crippen molar-refractivity contribution < 1.29 is 4.74 Å². The van der Waals surface area contributed by atoms with Crippen LogP contribution in [-0.4, -0.2) is 17.0 Å². The fourth-order valence-electron chi connectivity index (χ4n) is 4.49. The van der Waals surface area contributed by atoms with E-state index >= 15 is 0 Å². The van der Waals surface area contributed by atoms with Gasteiger partial charge in [0.2, 0.25) is 0 Å². The van der Waals surface area contributed by atoms with Crippen molar-refractivity contribution in [1.82, 2.24) is 0 Å². The van der Waals surface area contributed by atoms with Crippen LogP contribution < -0.4 is 0 Å². The van der Waals surface area contributed by atoms with Crippen molar-refractivity contribution in [2.24, 2.45) is 23.7 Å². The molecule has 0 aromatic carbocycles. The zero-order chi connectivity index (χ0) is 7.87. The monoisotopic (exact) mass is 228 g/mol. The topological polar surface area (TPSA) is 9.23 Å². The highest BCUT2D eigenvalue weighted by molar-refractivity contribution is 9.09. The Morgan fingerprint density at radius 1 is 1.08 bits per heavy atom. The van der Waals surface area contributed by atoms with E-state index in [4.69, 9.17) is 4.74 Å². The van der Waals surface area contributed by atoms with Crippen LogP contribution in [0.15, 0.2) is 0 Å². The first-order valence-corrected chi connectivity index (χ1v) is 6.07. The second-order valence-electron chi connectivity index (χ2n) is 4.97. The van der Waals surface area contributed by atoms with Gasteiger partial charge in [0.1, 0.15) is 0 Å². The Morgan fingerprint density at radius 2 is 2.00 bits per heavy atom. The van der Waals surface area contributed by atoms with Crippen LogP contribution in [0.3, 0.4) is 0 Å². The molecule has 4 aliphatic rings.